The van der Waals surface area contributed by atoms with Gasteiger partial charge in [-0.3, -0.25) is 4.79 Å². The molecule has 2 aromatic rings. The third-order valence-corrected chi connectivity index (χ3v) is 5.36. The molecule has 0 spiro atoms. The molecule has 1 amide bonds. The van der Waals surface area contributed by atoms with Crippen LogP contribution in [0.2, 0.25) is 5.02 Å². The van der Waals surface area contributed by atoms with Crippen LogP contribution in [0.3, 0.4) is 0 Å². The second kappa shape index (κ2) is 12.6. The Labute approximate surface area is 174 Å². The van der Waals surface area contributed by atoms with Gasteiger partial charge in [0.25, 0.3) is 0 Å². The van der Waals surface area contributed by atoms with Crippen LogP contribution in [0.15, 0.2) is 42.6 Å². The van der Waals surface area contributed by atoms with Gasteiger partial charge in [0.1, 0.15) is 0 Å². The summed E-state index contributed by atoms with van der Waals surface area (Å²) in [6.45, 7) is 4.66. The number of hydrogen-bond donors (Lipinski definition) is 0. The molecule has 154 valence electrons. The maximum atomic E-state index is 12.8. The van der Waals surface area contributed by atoms with Crippen molar-refractivity contribution in [1.82, 2.24) is 9.47 Å². The smallest absolute Gasteiger partial charge is 0.222 e. The molecule has 0 unspecified atom stereocenters. The van der Waals surface area contributed by atoms with Crippen molar-refractivity contribution in [2.45, 2.75) is 58.5 Å². The number of methoxy groups -OCH3 is 1. The molecule has 0 aliphatic rings. The van der Waals surface area contributed by atoms with Gasteiger partial charge in [-0.25, -0.2) is 0 Å². The van der Waals surface area contributed by atoms with Gasteiger partial charge >= 0.3 is 0 Å². The summed E-state index contributed by atoms with van der Waals surface area (Å²) in [5.74, 6) is 0.207. The lowest BCUT2D eigenvalue weighted by molar-refractivity contribution is -0.132. The fraction of sp³-hybridized carbons (Fsp3) is 0.522. The van der Waals surface area contributed by atoms with Crippen molar-refractivity contribution in [3.63, 3.8) is 0 Å². The molecule has 0 radical (unpaired) electrons. The summed E-state index contributed by atoms with van der Waals surface area (Å²) in [6, 6.07) is 12.0. The molecule has 0 atom stereocenters. The van der Waals surface area contributed by atoms with E-state index >= 15 is 0 Å². The number of aromatic nitrogens is 1. The first-order valence-corrected chi connectivity index (χ1v) is 10.7. The largest absolute Gasteiger partial charge is 0.383 e. The fourth-order valence-electron chi connectivity index (χ4n) is 3.28. The highest BCUT2D eigenvalue weighted by molar-refractivity contribution is 6.31. The number of hydrogen-bond acceptors (Lipinski definition) is 2. The van der Waals surface area contributed by atoms with Crippen molar-refractivity contribution in [1.29, 1.82) is 0 Å². The van der Waals surface area contributed by atoms with Crippen LogP contribution < -0.4 is 0 Å². The Balaban J connectivity index is 1.99. The number of carbonyl (C=O) groups is 1. The maximum absolute atomic E-state index is 12.8. The highest BCUT2D eigenvalue weighted by Crippen LogP contribution is 2.18. The van der Waals surface area contributed by atoms with E-state index in [0.717, 1.165) is 29.1 Å². The lowest BCUT2D eigenvalue weighted by Gasteiger charge is -2.23. The first kappa shape index (κ1) is 22.5. The van der Waals surface area contributed by atoms with Crippen molar-refractivity contribution < 1.29 is 9.53 Å². The predicted octanol–water partition coefficient (Wildman–Crippen LogP) is 5.53. The van der Waals surface area contributed by atoms with Crippen molar-refractivity contribution >= 4 is 17.5 Å². The number of unbranched alkanes of at least 4 members (excludes halogenated alkanes) is 4. The molecule has 0 N–H and O–H groups in total. The van der Waals surface area contributed by atoms with Gasteiger partial charge < -0.3 is 14.2 Å². The molecular weight excluding hydrogens is 372 g/mol. The molecule has 1 heterocycles. The molecule has 0 saturated heterocycles. The van der Waals surface area contributed by atoms with Gasteiger partial charge in [-0.2, -0.15) is 0 Å². The van der Waals surface area contributed by atoms with E-state index in [2.05, 4.69) is 17.6 Å². The maximum Gasteiger partial charge on any atom is 0.222 e. The van der Waals surface area contributed by atoms with Crippen LogP contribution in [0.1, 0.15) is 56.7 Å². The Hall–Kier alpha value is -1.78. The van der Waals surface area contributed by atoms with Crippen LogP contribution in [0, 0.1) is 0 Å². The Morgan fingerprint density at radius 1 is 1.11 bits per heavy atom. The third-order valence-electron chi connectivity index (χ3n) is 4.99. The highest BCUT2D eigenvalue weighted by Gasteiger charge is 2.15. The number of nitrogens with zero attached hydrogens (tertiary/aromatic N) is 2. The molecule has 5 heteroatoms. The number of amides is 1. The summed E-state index contributed by atoms with van der Waals surface area (Å²) in [4.78, 5) is 14.7. The molecule has 0 bridgehead atoms. The zero-order chi connectivity index (χ0) is 20.2. The predicted molar refractivity (Wildman–Crippen MR) is 116 cm³/mol. The Kier molecular flexibility index (Phi) is 10.2. The van der Waals surface area contributed by atoms with Crippen LogP contribution in [-0.2, 0) is 22.6 Å². The first-order chi connectivity index (χ1) is 13.7. The number of rotatable bonds is 13. The van der Waals surface area contributed by atoms with Gasteiger partial charge in [-0.05, 0) is 30.2 Å². The number of benzene rings is 1. The van der Waals surface area contributed by atoms with E-state index in [0.29, 0.717) is 32.7 Å². The average molecular weight is 405 g/mol. The summed E-state index contributed by atoms with van der Waals surface area (Å²) < 4.78 is 7.38. The molecule has 1 aromatic carbocycles. The highest BCUT2D eigenvalue weighted by atomic mass is 35.5. The van der Waals surface area contributed by atoms with Crippen LogP contribution in [0.5, 0.6) is 0 Å². The summed E-state index contributed by atoms with van der Waals surface area (Å²) in [6.07, 6.45) is 8.42. The SMILES string of the molecule is CCCCCCCC(=O)N(CCOC)Cc1cccn1Cc1ccccc1Cl. The topological polar surface area (TPSA) is 34.5 Å². The zero-order valence-electron chi connectivity index (χ0n) is 17.2. The lowest BCUT2D eigenvalue weighted by Crippen LogP contribution is -2.34. The summed E-state index contributed by atoms with van der Waals surface area (Å²) >= 11 is 6.32. The van der Waals surface area contributed by atoms with E-state index < -0.39 is 0 Å². The van der Waals surface area contributed by atoms with Gasteiger partial charge in [0, 0.05) is 43.5 Å². The quantitative estimate of drug-likeness (QED) is 0.411. The van der Waals surface area contributed by atoms with Gasteiger partial charge in [0.2, 0.25) is 5.91 Å². The summed E-state index contributed by atoms with van der Waals surface area (Å²) in [5.41, 5.74) is 2.18. The Bertz CT molecular complexity index is 714. The van der Waals surface area contributed by atoms with E-state index in [4.69, 9.17) is 16.3 Å². The molecule has 0 saturated carbocycles. The van der Waals surface area contributed by atoms with Crippen LogP contribution in [0.4, 0.5) is 0 Å². The molecule has 0 fully saturated rings. The molecule has 4 nitrogen and oxygen atoms in total. The number of halogens is 1. The van der Waals surface area contributed by atoms with Crippen molar-refractivity contribution in [2.75, 3.05) is 20.3 Å². The number of ether oxygens (including phenoxy) is 1. The van der Waals surface area contributed by atoms with Gasteiger partial charge in [0.15, 0.2) is 0 Å². The van der Waals surface area contributed by atoms with Crippen LogP contribution in [0.25, 0.3) is 0 Å². The molecule has 0 aliphatic heterocycles. The average Bonchev–Trinajstić information content (AvgIpc) is 3.13. The van der Waals surface area contributed by atoms with E-state index in [9.17, 15) is 4.79 Å². The van der Waals surface area contributed by atoms with E-state index in [-0.39, 0.29) is 5.91 Å². The van der Waals surface area contributed by atoms with Crippen LogP contribution >= 0.6 is 11.6 Å². The lowest BCUT2D eigenvalue weighted by atomic mass is 10.1. The Morgan fingerprint density at radius 3 is 2.64 bits per heavy atom. The minimum Gasteiger partial charge on any atom is -0.383 e. The van der Waals surface area contributed by atoms with Crippen LogP contribution in [-0.4, -0.2) is 35.6 Å². The molecule has 1 aromatic heterocycles. The number of carbonyl (C=O) groups excluding carboxylic acids is 1. The Morgan fingerprint density at radius 2 is 1.89 bits per heavy atom. The molecule has 28 heavy (non-hydrogen) atoms. The van der Waals surface area contributed by atoms with E-state index in [1.807, 2.05) is 41.4 Å². The normalized spacial score (nSPS) is 11.0. The third kappa shape index (κ3) is 7.33. The van der Waals surface area contributed by atoms with Crippen molar-refractivity contribution in [3.05, 3.63) is 58.9 Å². The minimum absolute atomic E-state index is 0.207. The van der Waals surface area contributed by atoms with Gasteiger partial charge in [-0.15, -0.1) is 0 Å². The monoisotopic (exact) mass is 404 g/mol. The summed E-state index contributed by atoms with van der Waals surface area (Å²) in [5, 5.41) is 0.765. The summed E-state index contributed by atoms with van der Waals surface area (Å²) in [7, 11) is 1.67. The standard InChI is InChI=1S/C23H33ClN2O2/c1-3-4-5-6-7-14-23(27)26(16-17-28-2)19-21-12-10-15-25(21)18-20-11-8-9-13-22(20)24/h8-13,15H,3-7,14,16-19H2,1-2H3. The first-order valence-electron chi connectivity index (χ1n) is 10.3. The molecular formula is C23H33ClN2O2. The van der Waals surface area contributed by atoms with Crippen molar-refractivity contribution in [2.24, 2.45) is 0 Å². The minimum atomic E-state index is 0.207. The van der Waals surface area contributed by atoms with E-state index in [1.54, 1.807) is 7.11 Å². The van der Waals surface area contributed by atoms with Gasteiger partial charge in [-0.1, -0.05) is 62.4 Å². The molecule has 0 aliphatic carbocycles. The second-order valence-corrected chi connectivity index (χ2v) is 7.60. The molecule has 2 rings (SSSR count). The fourth-order valence-corrected chi connectivity index (χ4v) is 3.48. The van der Waals surface area contributed by atoms with Gasteiger partial charge in [0.05, 0.1) is 13.2 Å². The van der Waals surface area contributed by atoms with E-state index in [1.165, 1.54) is 19.3 Å². The van der Waals surface area contributed by atoms with Crippen molar-refractivity contribution in [3.8, 4) is 0 Å². The second-order valence-electron chi connectivity index (χ2n) is 7.19. The zero-order valence-corrected chi connectivity index (χ0v) is 18.0.